The Kier molecular flexibility index (Phi) is 4.59. The summed E-state index contributed by atoms with van der Waals surface area (Å²) in [4.78, 5) is 10.3. The lowest BCUT2D eigenvalue weighted by Gasteiger charge is -2.36. The number of hydrogen-bond donors (Lipinski definition) is 2. The molecule has 0 bridgehead atoms. The zero-order valence-electron chi connectivity index (χ0n) is 14.0. The van der Waals surface area contributed by atoms with Gasteiger partial charge in [-0.3, -0.25) is 4.90 Å². The van der Waals surface area contributed by atoms with E-state index in [2.05, 4.69) is 20.2 Å². The van der Waals surface area contributed by atoms with Gasteiger partial charge in [-0.25, -0.2) is 9.37 Å². The molecule has 0 radical (unpaired) electrons. The number of H-pyrrole nitrogens is 1. The smallest absolute Gasteiger partial charge is 0.137 e. The summed E-state index contributed by atoms with van der Waals surface area (Å²) in [5, 5.41) is 3.41. The summed E-state index contributed by atoms with van der Waals surface area (Å²) in [7, 11) is 0. The van der Waals surface area contributed by atoms with E-state index in [1.54, 1.807) is 12.1 Å². The van der Waals surface area contributed by atoms with Crippen LogP contribution < -0.4 is 5.32 Å². The number of imidazole rings is 1. The molecule has 1 aromatic heterocycles. The molecular weight excluding hydrogens is 315 g/mol. The fourth-order valence-corrected chi connectivity index (χ4v) is 3.38. The van der Waals surface area contributed by atoms with Gasteiger partial charge in [0.25, 0.3) is 0 Å². The Morgan fingerprint density at radius 1 is 1.12 bits per heavy atom. The van der Waals surface area contributed by atoms with Crippen molar-refractivity contribution in [3.63, 3.8) is 0 Å². The van der Waals surface area contributed by atoms with Crippen molar-refractivity contribution in [1.82, 2.24) is 20.2 Å². The molecule has 2 heterocycles. The molecule has 3 aromatic rings. The number of nitrogens with one attached hydrogen (secondary N) is 2. The van der Waals surface area contributed by atoms with Gasteiger partial charge in [0.1, 0.15) is 11.6 Å². The van der Waals surface area contributed by atoms with Crippen LogP contribution in [0.25, 0.3) is 11.4 Å². The second-order valence-electron chi connectivity index (χ2n) is 6.37. The van der Waals surface area contributed by atoms with Crippen molar-refractivity contribution in [2.45, 2.75) is 12.6 Å². The van der Waals surface area contributed by atoms with Gasteiger partial charge < -0.3 is 10.3 Å². The molecule has 0 spiro atoms. The molecule has 0 saturated carbocycles. The summed E-state index contributed by atoms with van der Waals surface area (Å²) in [6.45, 7) is 3.44. The Morgan fingerprint density at radius 3 is 2.84 bits per heavy atom. The fraction of sp³-hybridized carbons (Fsp3) is 0.250. The number of halogens is 1. The van der Waals surface area contributed by atoms with Crippen molar-refractivity contribution < 1.29 is 4.39 Å². The van der Waals surface area contributed by atoms with Crippen LogP contribution in [-0.4, -0.2) is 34.5 Å². The van der Waals surface area contributed by atoms with E-state index in [9.17, 15) is 4.39 Å². The Balaban J connectivity index is 1.53. The molecule has 4 nitrogen and oxygen atoms in total. The molecule has 25 heavy (non-hydrogen) atoms. The van der Waals surface area contributed by atoms with Gasteiger partial charge in [0.15, 0.2) is 0 Å². The first-order valence-electron chi connectivity index (χ1n) is 8.59. The van der Waals surface area contributed by atoms with E-state index in [-0.39, 0.29) is 11.9 Å². The van der Waals surface area contributed by atoms with Crippen LogP contribution in [0.5, 0.6) is 0 Å². The molecular formula is C20H21FN4. The van der Waals surface area contributed by atoms with Crippen LogP contribution in [-0.2, 0) is 6.54 Å². The molecule has 0 amide bonds. The SMILES string of the molecule is Fc1cccc(C2CNCCN2Cc2cnc(-c3ccccc3)[nH]2)c1. The van der Waals surface area contributed by atoms with Gasteiger partial charge in [-0.05, 0) is 17.7 Å². The summed E-state index contributed by atoms with van der Waals surface area (Å²) in [5.74, 6) is 0.698. The Labute approximate surface area is 146 Å². The van der Waals surface area contributed by atoms with Gasteiger partial charge in [0.2, 0.25) is 0 Å². The minimum absolute atomic E-state index is 0.160. The number of hydrogen-bond acceptors (Lipinski definition) is 3. The van der Waals surface area contributed by atoms with Gasteiger partial charge >= 0.3 is 0 Å². The predicted molar refractivity (Wildman–Crippen MR) is 96.4 cm³/mol. The summed E-state index contributed by atoms with van der Waals surface area (Å²) in [5.41, 5.74) is 3.16. The molecule has 2 N–H and O–H groups in total. The maximum Gasteiger partial charge on any atom is 0.137 e. The third kappa shape index (κ3) is 3.62. The van der Waals surface area contributed by atoms with Crippen LogP contribution in [0, 0.1) is 5.82 Å². The second kappa shape index (κ2) is 7.17. The fourth-order valence-electron chi connectivity index (χ4n) is 3.38. The normalized spacial score (nSPS) is 18.4. The minimum atomic E-state index is -0.184. The van der Waals surface area contributed by atoms with Gasteiger partial charge in [0.05, 0.1) is 0 Å². The van der Waals surface area contributed by atoms with E-state index < -0.39 is 0 Å². The second-order valence-corrected chi connectivity index (χ2v) is 6.37. The first kappa shape index (κ1) is 16.0. The highest BCUT2D eigenvalue weighted by atomic mass is 19.1. The maximum atomic E-state index is 13.6. The van der Waals surface area contributed by atoms with Gasteiger partial charge in [-0.1, -0.05) is 42.5 Å². The highest BCUT2D eigenvalue weighted by Crippen LogP contribution is 2.25. The lowest BCUT2D eigenvalue weighted by Crippen LogP contribution is -2.45. The molecule has 128 valence electrons. The number of nitrogens with zero attached hydrogens (tertiary/aromatic N) is 2. The summed E-state index contributed by atoms with van der Waals surface area (Å²) >= 11 is 0. The van der Waals surface area contributed by atoms with Crippen LogP contribution in [0.2, 0.25) is 0 Å². The molecule has 1 aliphatic heterocycles. The number of benzene rings is 2. The molecule has 1 atom stereocenters. The number of aromatic nitrogens is 2. The van der Waals surface area contributed by atoms with E-state index >= 15 is 0 Å². The van der Waals surface area contributed by atoms with Crippen LogP contribution in [0.15, 0.2) is 60.8 Å². The van der Waals surface area contributed by atoms with Crippen molar-refractivity contribution in [2.24, 2.45) is 0 Å². The van der Waals surface area contributed by atoms with Crippen LogP contribution in [0.4, 0.5) is 4.39 Å². The monoisotopic (exact) mass is 336 g/mol. The Bertz CT molecular complexity index is 830. The standard InChI is InChI=1S/C20H21FN4/c21-17-8-4-7-16(11-17)19-13-22-9-10-25(19)14-18-12-23-20(24-18)15-5-2-1-3-6-15/h1-8,11-12,19,22H,9-10,13-14H2,(H,23,24). The van der Waals surface area contributed by atoms with Crippen molar-refractivity contribution in [1.29, 1.82) is 0 Å². The first-order valence-corrected chi connectivity index (χ1v) is 8.59. The predicted octanol–water partition coefficient (Wildman–Crippen LogP) is 3.36. The van der Waals surface area contributed by atoms with Crippen molar-refractivity contribution in [3.05, 3.63) is 77.9 Å². The lowest BCUT2D eigenvalue weighted by molar-refractivity contribution is 0.152. The molecule has 1 saturated heterocycles. The topological polar surface area (TPSA) is 44.0 Å². The quantitative estimate of drug-likeness (QED) is 0.768. The number of piperazine rings is 1. The molecule has 1 unspecified atom stereocenters. The molecule has 1 fully saturated rings. The van der Waals surface area contributed by atoms with Crippen LogP contribution in [0.1, 0.15) is 17.3 Å². The molecule has 2 aromatic carbocycles. The van der Waals surface area contributed by atoms with E-state index in [1.807, 2.05) is 42.6 Å². The van der Waals surface area contributed by atoms with Gasteiger partial charge in [-0.2, -0.15) is 0 Å². The number of rotatable bonds is 4. The summed E-state index contributed by atoms with van der Waals surface area (Å²) in [6.07, 6.45) is 1.90. The summed E-state index contributed by atoms with van der Waals surface area (Å²) in [6, 6.07) is 17.2. The van der Waals surface area contributed by atoms with Gasteiger partial charge in [-0.15, -0.1) is 0 Å². The minimum Gasteiger partial charge on any atom is -0.341 e. The molecule has 5 heteroatoms. The van der Waals surface area contributed by atoms with Crippen molar-refractivity contribution in [2.75, 3.05) is 19.6 Å². The van der Waals surface area contributed by atoms with Crippen molar-refractivity contribution >= 4 is 0 Å². The highest BCUT2D eigenvalue weighted by Gasteiger charge is 2.24. The van der Waals surface area contributed by atoms with E-state index in [4.69, 9.17) is 0 Å². The third-order valence-corrected chi connectivity index (χ3v) is 4.64. The van der Waals surface area contributed by atoms with Crippen molar-refractivity contribution in [3.8, 4) is 11.4 Å². The van der Waals surface area contributed by atoms with Gasteiger partial charge in [0, 0.05) is 49.7 Å². The largest absolute Gasteiger partial charge is 0.341 e. The van der Waals surface area contributed by atoms with E-state index in [0.717, 1.165) is 48.8 Å². The molecule has 1 aliphatic rings. The Hall–Kier alpha value is -2.50. The highest BCUT2D eigenvalue weighted by molar-refractivity contribution is 5.54. The van der Waals surface area contributed by atoms with Crippen LogP contribution in [0.3, 0.4) is 0 Å². The van der Waals surface area contributed by atoms with E-state index in [0.29, 0.717) is 0 Å². The molecule has 0 aliphatic carbocycles. The van der Waals surface area contributed by atoms with Crippen LogP contribution >= 0.6 is 0 Å². The maximum absolute atomic E-state index is 13.6. The zero-order chi connectivity index (χ0) is 17.1. The zero-order valence-corrected chi connectivity index (χ0v) is 14.0. The average molecular weight is 336 g/mol. The Morgan fingerprint density at radius 2 is 2.00 bits per heavy atom. The third-order valence-electron chi connectivity index (χ3n) is 4.64. The first-order chi connectivity index (χ1) is 12.3. The average Bonchev–Trinajstić information content (AvgIpc) is 3.11. The van der Waals surface area contributed by atoms with E-state index in [1.165, 1.54) is 6.07 Å². The lowest BCUT2D eigenvalue weighted by atomic mass is 10.0. The number of aromatic amines is 1. The molecule has 4 rings (SSSR count). The summed E-state index contributed by atoms with van der Waals surface area (Å²) < 4.78 is 13.6.